The number of nitro groups is 1. The normalized spacial score (nSPS) is 12.4. The highest BCUT2D eigenvalue weighted by atomic mass is 16.6. The van der Waals surface area contributed by atoms with Crippen molar-refractivity contribution in [2.45, 2.75) is 32.8 Å². The molecule has 6 nitrogen and oxygen atoms in total. The van der Waals surface area contributed by atoms with Gasteiger partial charge in [-0.1, -0.05) is 0 Å². The number of pyridine rings is 1. The van der Waals surface area contributed by atoms with Crippen LogP contribution < -0.4 is 0 Å². The van der Waals surface area contributed by atoms with Crippen molar-refractivity contribution in [2.75, 3.05) is 13.7 Å². The number of methoxy groups -OCH3 is 1. The van der Waals surface area contributed by atoms with E-state index in [1.807, 2.05) is 0 Å². The average molecular weight is 254 g/mol. The molecular weight excluding hydrogens is 236 g/mol. The molecule has 0 aliphatic heterocycles. The zero-order chi connectivity index (χ0) is 13.7. The van der Waals surface area contributed by atoms with Gasteiger partial charge in [-0.05, 0) is 26.7 Å². The van der Waals surface area contributed by atoms with Crippen molar-refractivity contribution in [3.63, 3.8) is 0 Å². The van der Waals surface area contributed by atoms with E-state index >= 15 is 0 Å². The Labute approximate surface area is 106 Å². The standard InChI is InChI=1S/C12H18N2O4/c1-8-6-13-11(5-4-10(15)7-18-3)9(2)12(8)14(16)17/h6,10,15H,4-5,7H2,1-3H3. The largest absolute Gasteiger partial charge is 0.391 e. The molecule has 1 aromatic rings. The first kappa shape index (κ1) is 14.5. The van der Waals surface area contributed by atoms with Crippen LogP contribution in [0.1, 0.15) is 23.2 Å². The Hall–Kier alpha value is -1.53. The number of ether oxygens (including phenoxy) is 1. The van der Waals surface area contributed by atoms with E-state index < -0.39 is 6.10 Å². The minimum absolute atomic E-state index is 0.112. The number of nitrogens with zero attached hydrogens (tertiary/aromatic N) is 2. The van der Waals surface area contributed by atoms with Crippen LogP contribution in [0, 0.1) is 24.0 Å². The lowest BCUT2D eigenvalue weighted by Gasteiger charge is -2.10. The van der Waals surface area contributed by atoms with Gasteiger partial charge in [-0.2, -0.15) is 0 Å². The molecule has 0 amide bonds. The number of aliphatic hydroxyl groups excluding tert-OH is 1. The summed E-state index contributed by atoms with van der Waals surface area (Å²) >= 11 is 0. The Morgan fingerprint density at radius 2 is 2.22 bits per heavy atom. The van der Waals surface area contributed by atoms with Gasteiger partial charge in [-0.3, -0.25) is 15.1 Å². The third-order valence-corrected chi connectivity index (χ3v) is 2.83. The van der Waals surface area contributed by atoms with Crippen LogP contribution in [0.2, 0.25) is 0 Å². The molecule has 1 unspecified atom stereocenters. The smallest absolute Gasteiger partial charge is 0.278 e. The molecule has 0 saturated carbocycles. The fourth-order valence-electron chi connectivity index (χ4n) is 1.88. The van der Waals surface area contributed by atoms with Gasteiger partial charge in [0.05, 0.1) is 23.3 Å². The van der Waals surface area contributed by atoms with Gasteiger partial charge in [0.25, 0.3) is 5.69 Å². The molecule has 1 N–H and O–H groups in total. The minimum atomic E-state index is -0.573. The monoisotopic (exact) mass is 254 g/mol. The Morgan fingerprint density at radius 3 is 2.78 bits per heavy atom. The maximum Gasteiger partial charge on any atom is 0.278 e. The lowest BCUT2D eigenvalue weighted by molar-refractivity contribution is -0.386. The molecule has 0 aromatic carbocycles. The fourth-order valence-corrected chi connectivity index (χ4v) is 1.88. The van der Waals surface area contributed by atoms with E-state index in [4.69, 9.17) is 4.74 Å². The maximum atomic E-state index is 10.9. The van der Waals surface area contributed by atoms with Crippen LogP contribution in [-0.2, 0) is 11.2 Å². The Kier molecular flexibility index (Phi) is 5.18. The molecule has 0 radical (unpaired) electrons. The molecule has 0 aliphatic carbocycles. The molecule has 0 bridgehead atoms. The van der Waals surface area contributed by atoms with Gasteiger partial charge in [0.15, 0.2) is 0 Å². The molecule has 0 aliphatic rings. The van der Waals surface area contributed by atoms with Gasteiger partial charge in [-0.25, -0.2) is 0 Å². The first-order valence-electron chi connectivity index (χ1n) is 5.73. The number of hydrogen-bond donors (Lipinski definition) is 1. The first-order chi connectivity index (χ1) is 8.47. The second-order valence-electron chi connectivity index (χ2n) is 4.27. The van der Waals surface area contributed by atoms with E-state index in [1.54, 1.807) is 13.8 Å². The Balaban J connectivity index is 2.85. The number of hydrogen-bond acceptors (Lipinski definition) is 5. The van der Waals surface area contributed by atoms with Gasteiger partial charge >= 0.3 is 0 Å². The van der Waals surface area contributed by atoms with Crippen molar-refractivity contribution in [3.05, 3.63) is 33.1 Å². The summed E-state index contributed by atoms with van der Waals surface area (Å²) < 4.78 is 4.82. The van der Waals surface area contributed by atoms with Crippen molar-refractivity contribution < 1.29 is 14.8 Å². The molecule has 0 spiro atoms. The summed E-state index contributed by atoms with van der Waals surface area (Å²) in [4.78, 5) is 14.8. The van der Waals surface area contributed by atoms with Crippen molar-refractivity contribution in [3.8, 4) is 0 Å². The van der Waals surface area contributed by atoms with Gasteiger partial charge in [0.1, 0.15) is 0 Å². The summed E-state index contributed by atoms with van der Waals surface area (Å²) in [6, 6.07) is 0. The predicted molar refractivity (Wildman–Crippen MR) is 66.6 cm³/mol. The molecule has 1 aromatic heterocycles. The fraction of sp³-hybridized carbons (Fsp3) is 0.583. The quantitative estimate of drug-likeness (QED) is 0.615. The highest BCUT2D eigenvalue weighted by molar-refractivity contribution is 5.47. The van der Waals surface area contributed by atoms with Crippen LogP contribution in [0.5, 0.6) is 0 Å². The summed E-state index contributed by atoms with van der Waals surface area (Å²) in [6.07, 6.45) is 1.90. The second kappa shape index (κ2) is 6.42. The lowest BCUT2D eigenvalue weighted by atomic mass is 10.0. The highest BCUT2D eigenvalue weighted by Gasteiger charge is 2.19. The van der Waals surface area contributed by atoms with Gasteiger partial charge in [-0.15, -0.1) is 0 Å². The average Bonchev–Trinajstić information content (AvgIpc) is 2.28. The number of aryl methyl sites for hydroxylation is 2. The van der Waals surface area contributed by atoms with Crippen molar-refractivity contribution in [1.29, 1.82) is 0 Å². The van der Waals surface area contributed by atoms with Crippen LogP contribution in [0.3, 0.4) is 0 Å². The molecule has 18 heavy (non-hydrogen) atoms. The second-order valence-corrected chi connectivity index (χ2v) is 4.27. The van der Waals surface area contributed by atoms with Crippen molar-refractivity contribution in [1.82, 2.24) is 4.98 Å². The zero-order valence-electron chi connectivity index (χ0n) is 10.8. The summed E-state index contributed by atoms with van der Waals surface area (Å²) in [5.41, 5.74) is 1.90. The van der Waals surface area contributed by atoms with Gasteiger partial charge in [0.2, 0.25) is 0 Å². The molecule has 0 fully saturated rings. The SMILES string of the molecule is COCC(O)CCc1ncc(C)c([N+](=O)[O-])c1C. The Morgan fingerprint density at radius 1 is 1.56 bits per heavy atom. The third kappa shape index (κ3) is 3.48. The van der Waals surface area contributed by atoms with Gasteiger partial charge in [0, 0.05) is 24.4 Å². The molecular formula is C12H18N2O4. The van der Waals surface area contributed by atoms with E-state index in [0.29, 0.717) is 29.7 Å². The summed E-state index contributed by atoms with van der Waals surface area (Å²) in [7, 11) is 1.52. The third-order valence-electron chi connectivity index (χ3n) is 2.83. The molecule has 1 rings (SSSR count). The first-order valence-corrected chi connectivity index (χ1v) is 5.73. The van der Waals surface area contributed by atoms with E-state index in [0.717, 1.165) is 0 Å². The zero-order valence-corrected chi connectivity index (χ0v) is 10.8. The van der Waals surface area contributed by atoms with Crippen LogP contribution in [0.25, 0.3) is 0 Å². The van der Waals surface area contributed by atoms with Crippen LogP contribution in [0.4, 0.5) is 5.69 Å². The van der Waals surface area contributed by atoms with E-state index in [2.05, 4.69) is 4.98 Å². The van der Waals surface area contributed by atoms with E-state index in [-0.39, 0.29) is 17.2 Å². The summed E-state index contributed by atoms with van der Waals surface area (Å²) in [5.74, 6) is 0. The van der Waals surface area contributed by atoms with Crippen molar-refractivity contribution in [2.24, 2.45) is 0 Å². The lowest BCUT2D eigenvalue weighted by Crippen LogP contribution is -2.15. The Bertz CT molecular complexity index is 434. The molecule has 100 valence electrons. The summed E-state index contributed by atoms with van der Waals surface area (Å²) in [5, 5.41) is 20.5. The number of aliphatic hydroxyl groups is 1. The molecule has 1 atom stereocenters. The van der Waals surface area contributed by atoms with E-state index in [1.165, 1.54) is 13.3 Å². The highest BCUT2D eigenvalue weighted by Crippen LogP contribution is 2.24. The molecule has 0 saturated heterocycles. The molecule has 6 heteroatoms. The summed E-state index contributed by atoms with van der Waals surface area (Å²) in [6.45, 7) is 3.62. The maximum absolute atomic E-state index is 10.9. The van der Waals surface area contributed by atoms with Crippen molar-refractivity contribution >= 4 is 5.69 Å². The predicted octanol–water partition coefficient (Wildman–Crippen LogP) is 1.55. The van der Waals surface area contributed by atoms with E-state index in [9.17, 15) is 15.2 Å². The number of aromatic nitrogens is 1. The van der Waals surface area contributed by atoms with Crippen LogP contribution in [-0.4, -0.2) is 34.8 Å². The minimum Gasteiger partial charge on any atom is -0.391 e. The van der Waals surface area contributed by atoms with Crippen LogP contribution in [0.15, 0.2) is 6.20 Å². The number of rotatable bonds is 6. The topological polar surface area (TPSA) is 85.5 Å². The van der Waals surface area contributed by atoms with Crippen LogP contribution >= 0.6 is 0 Å². The van der Waals surface area contributed by atoms with Gasteiger partial charge < -0.3 is 9.84 Å². The molecule has 1 heterocycles.